The molecule has 0 bridgehead atoms. The van der Waals surface area contributed by atoms with Gasteiger partial charge in [-0.25, -0.2) is 0 Å². The van der Waals surface area contributed by atoms with E-state index in [1.807, 2.05) is 11.9 Å². The van der Waals surface area contributed by atoms with Gasteiger partial charge in [-0.1, -0.05) is 19.3 Å². The number of hydrogen-bond acceptors (Lipinski definition) is 3. The van der Waals surface area contributed by atoms with Crippen molar-refractivity contribution in [3.63, 3.8) is 0 Å². The van der Waals surface area contributed by atoms with Crippen molar-refractivity contribution in [2.75, 3.05) is 26.7 Å². The van der Waals surface area contributed by atoms with Crippen LogP contribution >= 0.6 is 12.4 Å². The summed E-state index contributed by atoms with van der Waals surface area (Å²) in [6.07, 6.45) is 8.53. The van der Waals surface area contributed by atoms with Crippen LogP contribution in [0.2, 0.25) is 0 Å². The lowest BCUT2D eigenvalue weighted by Gasteiger charge is -2.31. The Hall–Kier alpha value is -0.810. The van der Waals surface area contributed by atoms with E-state index in [1.54, 1.807) is 0 Å². The molecule has 2 rings (SSSR count). The second-order valence-electron chi connectivity index (χ2n) is 6.47. The maximum Gasteiger partial charge on any atom is 0.241 e. The zero-order valence-electron chi connectivity index (χ0n) is 13.6. The molecule has 0 radical (unpaired) electrons. The van der Waals surface area contributed by atoms with Crippen molar-refractivity contribution < 1.29 is 9.59 Å². The predicted molar refractivity (Wildman–Crippen MR) is 90.1 cm³/mol. The van der Waals surface area contributed by atoms with Gasteiger partial charge < -0.3 is 15.5 Å². The maximum absolute atomic E-state index is 12.1. The molecule has 1 aliphatic heterocycles. The first-order valence-corrected chi connectivity index (χ1v) is 8.40. The van der Waals surface area contributed by atoms with E-state index in [9.17, 15) is 9.59 Å². The van der Waals surface area contributed by atoms with Gasteiger partial charge in [0.2, 0.25) is 11.8 Å². The molecule has 1 unspecified atom stereocenters. The maximum atomic E-state index is 12.1. The number of amides is 2. The molecule has 1 heterocycles. The molecule has 2 N–H and O–H groups in total. The number of carbonyl (C=O) groups is 2. The summed E-state index contributed by atoms with van der Waals surface area (Å²) < 4.78 is 0. The highest BCUT2D eigenvalue weighted by Crippen LogP contribution is 2.21. The molecule has 0 spiro atoms. The van der Waals surface area contributed by atoms with Gasteiger partial charge in [0.15, 0.2) is 0 Å². The SMILES string of the molecule is CN(C(=O)CNC(=O)CCC1CCNC1)C1CCCCC1.Cl. The van der Waals surface area contributed by atoms with E-state index in [0.29, 0.717) is 18.4 Å². The van der Waals surface area contributed by atoms with Gasteiger partial charge in [-0.2, -0.15) is 0 Å². The monoisotopic (exact) mass is 331 g/mol. The van der Waals surface area contributed by atoms with Gasteiger partial charge in [0.05, 0.1) is 6.54 Å². The number of nitrogens with zero attached hydrogens (tertiary/aromatic N) is 1. The van der Waals surface area contributed by atoms with Crippen molar-refractivity contribution in [1.82, 2.24) is 15.5 Å². The van der Waals surface area contributed by atoms with Gasteiger partial charge in [-0.3, -0.25) is 9.59 Å². The molecule has 2 aliphatic rings. The largest absolute Gasteiger partial charge is 0.347 e. The minimum absolute atomic E-state index is 0. The zero-order chi connectivity index (χ0) is 15.1. The fourth-order valence-corrected chi connectivity index (χ4v) is 3.36. The molecule has 0 aromatic rings. The number of hydrogen-bond donors (Lipinski definition) is 2. The van der Waals surface area contributed by atoms with Gasteiger partial charge in [-0.15, -0.1) is 12.4 Å². The van der Waals surface area contributed by atoms with Crippen molar-refractivity contribution >= 4 is 24.2 Å². The van der Waals surface area contributed by atoms with Crippen LogP contribution < -0.4 is 10.6 Å². The molecule has 0 aromatic carbocycles. The first-order chi connectivity index (χ1) is 10.2. The minimum atomic E-state index is 0. The van der Waals surface area contributed by atoms with Gasteiger partial charge in [0.1, 0.15) is 0 Å². The van der Waals surface area contributed by atoms with Gasteiger partial charge in [-0.05, 0) is 44.7 Å². The summed E-state index contributed by atoms with van der Waals surface area (Å²) in [7, 11) is 1.87. The third-order valence-electron chi connectivity index (χ3n) is 4.89. The summed E-state index contributed by atoms with van der Waals surface area (Å²) in [5.74, 6) is 0.668. The topological polar surface area (TPSA) is 61.4 Å². The van der Waals surface area contributed by atoms with Crippen molar-refractivity contribution in [3.05, 3.63) is 0 Å². The molecule has 1 atom stereocenters. The van der Waals surface area contributed by atoms with Crippen LogP contribution in [0.1, 0.15) is 51.4 Å². The summed E-state index contributed by atoms with van der Waals surface area (Å²) in [5.41, 5.74) is 0. The van der Waals surface area contributed by atoms with E-state index in [1.165, 1.54) is 19.3 Å². The van der Waals surface area contributed by atoms with Gasteiger partial charge >= 0.3 is 0 Å². The summed E-state index contributed by atoms with van der Waals surface area (Å²) in [4.78, 5) is 25.7. The Kier molecular flexibility index (Phi) is 8.79. The smallest absolute Gasteiger partial charge is 0.241 e. The Balaban J connectivity index is 0.00000242. The number of likely N-dealkylation sites (N-methyl/N-ethyl adjacent to an activating group) is 1. The highest BCUT2D eigenvalue weighted by molar-refractivity contribution is 5.85. The first kappa shape index (κ1) is 19.2. The van der Waals surface area contributed by atoms with E-state index in [0.717, 1.165) is 38.8 Å². The molecule has 5 nitrogen and oxygen atoms in total. The standard InChI is InChI=1S/C16H29N3O2.ClH/c1-19(14-5-3-2-4-6-14)16(21)12-18-15(20)8-7-13-9-10-17-11-13;/h13-14,17H,2-12H2,1H3,(H,18,20);1H. The average Bonchev–Trinajstić information content (AvgIpc) is 3.04. The number of nitrogens with one attached hydrogen (secondary N) is 2. The fraction of sp³-hybridized carbons (Fsp3) is 0.875. The molecule has 1 aliphatic carbocycles. The van der Waals surface area contributed by atoms with Crippen LogP contribution in [0.4, 0.5) is 0 Å². The lowest BCUT2D eigenvalue weighted by atomic mass is 9.94. The molecule has 1 saturated carbocycles. The number of carbonyl (C=O) groups excluding carboxylic acids is 2. The lowest BCUT2D eigenvalue weighted by molar-refractivity contribution is -0.134. The fourth-order valence-electron chi connectivity index (χ4n) is 3.36. The summed E-state index contributed by atoms with van der Waals surface area (Å²) in [5, 5.41) is 6.08. The Bertz CT molecular complexity index is 353. The summed E-state index contributed by atoms with van der Waals surface area (Å²) >= 11 is 0. The van der Waals surface area contributed by atoms with Crippen LogP contribution in [0.5, 0.6) is 0 Å². The third-order valence-corrected chi connectivity index (χ3v) is 4.89. The van der Waals surface area contributed by atoms with Crippen LogP contribution in [0.3, 0.4) is 0 Å². The Morgan fingerprint density at radius 1 is 1.18 bits per heavy atom. The van der Waals surface area contributed by atoms with Crippen LogP contribution in [-0.4, -0.2) is 49.4 Å². The lowest BCUT2D eigenvalue weighted by Crippen LogP contribution is -2.44. The molecule has 22 heavy (non-hydrogen) atoms. The second-order valence-corrected chi connectivity index (χ2v) is 6.47. The van der Waals surface area contributed by atoms with Crippen molar-refractivity contribution in [2.24, 2.45) is 5.92 Å². The molecule has 2 amide bonds. The highest BCUT2D eigenvalue weighted by Gasteiger charge is 2.22. The molecule has 0 aromatic heterocycles. The Labute approximate surface area is 140 Å². The van der Waals surface area contributed by atoms with E-state index in [-0.39, 0.29) is 30.8 Å². The number of rotatable bonds is 6. The van der Waals surface area contributed by atoms with Crippen LogP contribution in [-0.2, 0) is 9.59 Å². The number of halogens is 1. The predicted octanol–water partition coefficient (Wildman–Crippen LogP) is 1.71. The van der Waals surface area contributed by atoms with Crippen molar-refractivity contribution in [3.8, 4) is 0 Å². The minimum Gasteiger partial charge on any atom is -0.347 e. The van der Waals surface area contributed by atoms with Crippen LogP contribution in [0, 0.1) is 5.92 Å². The molecule has 128 valence electrons. The first-order valence-electron chi connectivity index (χ1n) is 8.40. The van der Waals surface area contributed by atoms with Gasteiger partial charge in [0.25, 0.3) is 0 Å². The van der Waals surface area contributed by atoms with Crippen LogP contribution in [0.15, 0.2) is 0 Å². The van der Waals surface area contributed by atoms with Crippen molar-refractivity contribution in [2.45, 2.75) is 57.4 Å². The second kappa shape index (κ2) is 10.1. The van der Waals surface area contributed by atoms with E-state index in [2.05, 4.69) is 10.6 Å². The molecular formula is C16H30ClN3O2. The molecule has 1 saturated heterocycles. The van der Waals surface area contributed by atoms with Gasteiger partial charge in [0, 0.05) is 19.5 Å². The Morgan fingerprint density at radius 3 is 2.55 bits per heavy atom. The average molecular weight is 332 g/mol. The molecule has 6 heteroatoms. The molecular weight excluding hydrogens is 302 g/mol. The molecule has 2 fully saturated rings. The summed E-state index contributed by atoms with van der Waals surface area (Å²) in [6.45, 7) is 2.24. The quantitative estimate of drug-likeness (QED) is 0.779. The highest BCUT2D eigenvalue weighted by atomic mass is 35.5. The van der Waals surface area contributed by atoms with E-state index in [4.69, 9.17) is 0 Å². The van der Waals surface area contributed by atoms with Crippen LogP contribution in [0.25, 0.3) is 0 Å². The summed E-state index contributed by atoms with van der Waals surface area (Å²) in [6, 6.07) is 0.368. The normalized spacial score (nSPS) is 22.0. The van der Waals surface area contributed by atoms with E-state index < -0.39 is 0 Å². The zero-order valence-corrected chi connectivity index (χ0v) is 14.4. The van der Waals surface area contributed by atoms with Crippen molar-refractivity contribution in [1.29, 1.82) is 0 Å². The third kappa shape index (κ3) is 6.13. The van der Waals surface area contributed by atoms with E-state index >= 15 is 0 Å². The Morgan fingerprint density at radius 2 is 1.91 bits per heavy atom.